The number of sulfonamides is 1. The normalized spacial score (nSPS) is 20.2. The summed E-state index contributed by atoms with van der Waals surface area (Å²) >= 11 is 1.33. The first kappa shape index (κ1) is 27.7. The van der Waals surface area contributed by atoms with Gasteiger partial charge >= 0.3 is 5.97 Å². The van der Waals surface area contributed by atoms with Gasteiger partial charge in [-0.1, -0.05) is 62.4 Å². The highest BCUT2D eigenvalue weighted by atomic mass is 32.2. The lowest BCUT2D eigenvalue weighted by Gasteiger charge is -2.32. The number of carbonyl (C=O) groups is 2. The molecule has 3 N–H and O–H groups in total. The summed E-state index contributed by atoms with van der Waals surface area (Å²) in [5.41, 5.74) is 1.74. The smallest absolute Gasteiger partial charge is 0.306 e. The Kier molecular flexibility index (Phi) is 8.07. The third kappa shape index (κ3) is 6.02. The summed E-state index contributed by atoms with van der Waals surface area (Å²) in [5.74, 6) is -1.02. The van der Waals surface area contributed by atoms with Crippen molar-refractivity contribution < 1.29 is 23.1 Å². The van der Waals surface area contributed by atoms with Gasteiger partial charge in [-0.3, -0.25) is 9.59 Å². The number of thiazole rings is 1. The number of aliphatic carboxylic acids is 1. The molecule has 0 spiro atoms. The van der Waals surface area contributed by atoms with Crippen molar-refractivity contribution in [2.75, 3.05) is 0 Å². The van der Waals surface area contributed by atoms with Crippen LogP contribution in [0, 0.1) is 11.8 Å². The van der Waals surface area contributed by atoms with Crippen molar-refractivity contribution >= 4 is 44.0 Å². The molecule has 0 bridgehead atoms. The van der Waals surface area contributed by atoms with E-state index in [0.717, 1.165) is 40.8 Å². The number of nitrogens with one attached hydrogen (secondary N) is 2. The lowest BCUT2D eigenvalue weighted by molar-refractivity contribution is -0.145. The van der Waals surface area contributed by atoms with E-state index in [1.54, 1.807) is 19.9 Å². The number of aromatic nitrogens is 1. The van der Waals surface area contributed by atoms with E-state index in [-0.39, 0.29) is 22.9 Å². The summed E-state index contributed by atoms with van der Waals surface area (Å²) in [6.45, 7) is 3.59. The van der Waals surface area contributed by atoms with Gasteiger partial charge in [-0.2, -0.15) is 0 Å². The second-order valence-electron chi connectivity index (χ2n) is 11.1. The Hall–Kier alpha value is -2.82. The zero-order valence-electron chi connectivity index (χ0n) is 22.3. The largest absolute Gasteiger partial charge is 0.481 e. The molecule has 2 saturated carbocycles. The molecule has 208 valence electrons. The predicted molar refractivity (Wildman–Crippen MR) is 152 cm³/mol. The molecule has 2 aliphatic carbocycles. The average molecular weight is 570 g/mol. The average Bonchev–Trinajstić information content (AvgIpc) is 3.28. The van der Waals surface area contributed by atoms with E-state index in [1.807, 2.05) is 30.3 Å². The number of carboxylic acid groups (broad SMARTS) is 1. The summed E-state index contributed by atoms with van der Waals surface area (Å²) in [5, 5.41) is 13.9. The standard InChI is InChI=1S/C29H35N3O5S2/c1-17(2)32-39(36,37)25-13-12-23(21-10-6-7-11-22(21)25)26-24(14-18-8-4-3-5-9-18)31-28(38-26)27(33)30-20-15-19(16-20)29(34)35/h6-7,10-13,17-20,32H,3-5,8-9,14-16H2,1-2H3,(H,30,33)(H,34,35)/t19-,20-. The first-order chi connectivity index (χ1) is 18.6. The quantitative estimate of drug-likeness (QED) is 0.318. The number of carbonyl (C=O) groups excluding carboxylic acids is 1. The van der Waals surface area contributed by atoms with Crippen molar-refractivity contribution in [2.24, 2.45) is 11.8 Å². The van der Waals surface area contributed by atoms with Crippen LogP contribution >= 0.6 is 11.3 Å². The minimum atomic E-state index is -3.71. The maximum Gasteiger partial charge on any atom is 0.306 e. The van der Waals surface area contributed by atoms with Crippen molar-refractivity contribution in [3.63, 3.8) is 0 Å². The fourth-order valence-corrected chi connectivity index (χ4v) is 8.22. The molecule has 2 fully saturated rings. The Morgan fingerprint density at radius 1 is 1.05 bits per heavy atom. The first-order valence-electron chi connectivity index (χ1n) is 13.7. The van der Waals surface area contributed by atoms with Gasteiger partial charge < -0.3 is 10.4 Å². The van der Waals surface area contributed by atoms with E-state index in [2.05, 4.69) is 10.0 Å². The van der Waals surface area contributed by atoms with Crippen LogP contribution in [0.1, 0.15) is 74.3 Å². The van der Waals surface area contributed by atoms with Gasteiger partial charge in [0.2, 0.25) is 10.0 Å². The number of fused-ring (bicyclic) bond motifs is 1. The van der Waals surface area contributed by atoms with Gasteiger partial charge in [-0.25, -0.2) is 18.1 Å². The van der Waals surface area contributed by atoms with E-state index in [1.165, 1.54) is 30.6 Å². The molecule has 5 rings (SSSR count). The number of nitrogens with zero attached hydrogens (tertiary/aromatic N) is 1. The maximum atomic E-state index is 13.2. The molecule has 0 unspecified atom stereocenters. The summed E-state index contributed by atoms with van der Waals surface area (Å²) in [6, 6.07) is 10.5. The van der Waals surface area contributed by atoms with E-state index < -0.39 is 21.9 Å². The Labute approximate surface area is 233 Å². The number of hydrogen-bond donors (Lipinski definition) is 3. The molecule has 1 amide bonds. The molecule has 2 aromatic carbocycles. The van der Waals surface area contributed by atoms with Crippen molar-refractivity contribution in [3.8, 4) is 10.4 Å². The van der Waals surface area contributed by atoms with E-state index >= 15 is 0 Å². The van der Waals surface area contributed by atoms with Crippen LogP contribution in [-0.2, 0) is 21.2 Å². The Morgan fingerprint density at radius 2 is 1.74 bits per heavy atom. The molecule has 1 heterocycles. The topological polar surface area (TPSA) is 125 Å². The van der Waals surface area contributed by atoms with Crippen LogP contribution in [0.2, 0.25) is 0 Å². The number of rotatable bonds is 9. The predicted octanol–water partition coefficient (Wildman–Crippen LogP) is 5.37. The van der Waals surface area contributed by atoms with Gasteiger partial charge in [-0.05, 0) is 50.5 Å². The summed E-state index contributed by atoms with van der Waals surface area (Å²) in [7, 11) is -3.71. The van der Waals surface area contributed by atoms with Crippen molar-refractivity contribution in [1.29, 1.82) is 0 Å². The van der Waals surface area contributed by atoms with Crippen LogP contribution in [0.5, 0.6) is 0 Å². The van der Waals surface area contributed by atoms with Crippen LogP contribution in [0.15, 0.2) is 41.3 Å². The lowest BCUT2D eigenvalue weighted by atomic mass is 9.80. The van der Waals surface area contributed by atoms with Crippen LogP contribution in [0.25, 0.3) is 21.2 Å². The van der Waals surface area contributed by atoms with Gasteiger partial charge in [0.25, 0.3) is 5.91 Å². The van der Waals surface area contributed by atoms with E-state index in [9.17, 15) is 18.0 Å². The third-order valence-corrected chi connectivity index (χ3v) is 10.6. The third-order valence-electron chi connectivity index (χ3n) is 7.73. The molecular weight excluding hydrogens is 534 g/mol. The van der Waals surface area contributed by atoms with Crippen LogP contribution in [0.4, 0.5) is 0 Å². The van der Waals surface area contributed by atoms with Gasteiger partial charge in [0.1, 0.15) is 0 Å². The second kappa shape index (κ2) is 11.3. The number of carboxylic acids is 1. The van der Waals surface area contributed by atoms with Crippen molar-refractivity contribution in [3.05, 3.63) is 47.1 Å². The van der Waals surface area contributed by atoms with Crippen molar-refractivity contribution in [1.82, 2.24) is 15.0 Å². The molecule has 0 saturated heterocycles. The Bertz CT molecular complexity index is 1490. The highest BCUT2D eigenvalue weighted by Gasteiger charge is 2.36. The second-order valence-corrected chi connectivity index (χ2v) is 13.8. The zero-order chi connectivity index (χ0) is 27.7. The molecule has 0 aliphatic heterocycles. The zero-order valence-corrected chi connectivity index (χ0v) is 23.9. The van der Waals surface area contributed by atoms with E-state index in [0.29, 0.717) is 29.2 Å². The molecule has 1 aromatic heterocycles. The number of hydrogen-bond acceptors (Lipinski definition) is 6. The van der Waals surface area contributed by atoms with Crippen molar-refractivity contribution in [2.45, 2.75) is 82.2 Å². The molecule has 39 heavy (non-hydrogen) atoms. The van der Waals surface area contributed by atoms with Crippen LogP contribution in [-0.4, -0.2) is 42.5 Å². The Balaban J connectivity index is 1.53. The molecule has 0 radical (unpaired) electrons. The molecule has 10 heteroatoms. The van der Waals surface area contributed by atoms with E-state index in [4.69, 9.17) is 10.1 Å². The monoisotopic (exact) mass is 569 g/mol. The van der Waals surface area contributed by atoms with Crippen LogP contribution in [0.3, 0.4) is 0 Å². The van der Waals surface area contributed by atoms with Gasteiger partial charge in [0, 0.05) is 23.0 Å². The Morgan fingerprint density at radius 3 is 2.41 bits per heavy atom. The minimum absolute atomic E-state index is 0.161. The SMILES string of the molecule is CC(C)NS(=O)(=O)c1ccc(-c2sc(C(=O)N[C@H]3C[C@H](C(=O)O)C3)nc2CC2CCCCC2)c2ccccc12. The van der Waals surface area contributed by atoms with Gasteiger partial charge in [-0.15, -0.1) is 11.3 Å². The highest BCUT2D eigenvalue weighted by molar-refractivity contribution is 7.89. The molecule has 8 nitrogen and oxygen atoms in total. The molecule has 2 aliphatic rings. The number of benzene rings is 2. The fraction of sp³-hybridized carbons (Fsp3) is 0.483. The molecule has 3 aromatic rings. The maximum absolute atomic E-state index is 13.2. The fourth-order valence-electron chi connectivity index (χ4n) is 5.72. The lowest BCUT2D eigenvalue weighted by Crippen LogP contribution is -2.46. The van der Waals surface area contributed by atoms with Gasteiger partial charge in [0.05, 0.1) is 21.4 Å². The molecular formula is C29H35N3O5S2. The summed E-state index contributed by atoms with van der Waals surface area (Å²) in [4.78, 5) is 30.3. The summed E-state index contributed by atoms with van der Waals surface area (Å²) < 4.78 is 28.9. The first-order valence-corrected chi connectivity index (χ1v) is 16.0. The summed E-state index contributed by atoms with van der Waals surface area (Å²) in [6.07, 6.45) is 7.54. The highest BCUT2D eigenvalue weighted by Crippen LogP contribution is 2.40. The van der Waals surface area contributed by atoms with Crippen LogP contribution < -0.4 is 10.0 Å². The molecule has 0 atom stereocenters. The number of amides is 1. The van der Waals surface area contributed by atoms with Gasteiger partial charge in [0.15, 0.2) is 5.01 Å². The minimum Gasteiger partial charge on any atom is -0.481 e.